The lowest BCUT2D eigenvalue weighted by Crippen LogP contribution is -2.40. The van der Waals surface area contributed by atoms with Gasteiger partial charge in [0.15, 0.2) is 0 Å². The van der Waals surface area contributed by atoms with Crippen LogP contribution in [-0.4, -0.2) is 40.8 Å². The van der Waals surface area contributed by atoms with E-state index in [1.165, 1.54) is 0 Å². The van der Waals surface area contributed by atoms with Crippen LogP contribution in [0.3, 0.4) is 0 Å². The van der Waals surface area contributed by atoms with E-state index in [9.17, 15) is 13.2 Å². The van der Waals surface area contributed by atoms with Crippen LogP contribution in [0.1, 0.15) is 24.5 Å². The van der Waals surface area contributed by atoms with Crippen molar-refractivity contribution in [1.82, 2.24) is 5.32 Å². The van der Waals surface area contributed by atoms with E-state index in [1.54, 1.807) is 19.2 Å². The first-order chi connectivity index (χ1) is 13.3. The normalized spacial score (nSPS) is 11.1. The molecule has 2 aromatic carbocycles. The quantitative estimate of drug-likeness (QED) is 0.618. The largest absolute Gasteiger partial charge is 0.497 e. The molecule has 7 heteroatoms. The highest BCUT2D eigenvalue weighted by molar-refractivity contribution is 7.92. The van der Waals surface area contributed by atoms with E-state index in [1.807, 2.05) is 43.3 Å². The second kappa shape index (κ2) is 10.1. The molecule has 1 N–H and O–H groups in total. The molecule has 0 saturated carbocycles. The Morgan fingerprint density at radius 1 is 1.04 bits per heavy atom. The number of nitrogens with one attached hydrogen (secondary N) is 1. The summed E-state index contributed by atoms with van der Waals surface area (Å²) in [6.45, 7) is 2.28. The van der Waals surface area contributed by atoms with E-state index < -0.39 is 10.0 Å². The van der Waals surface area contributed by atoms with Gasteiger partial charge in [-0.05, 0) is 54.7 Å². The SMILES string of the molecule is CCc1ccc(N(CC(=O)NCCCc2ccc(OC)cc2)S(C)(=O)=O)cc1. The molecule has 6 nitrogen and oxygen atoms in total. The van der Waals surface area contributed by atoms with Gasteiger partial charge in [0.1, 0.15) is 12.3 Å². The predicted octanol–water partition coefficient (Wildman–Crippen LogP) is 2.77. The number of benzene rings is 2. The van der Waals surface area contributed by atoms with Crippen LogP contribution in [0.4, 0.5) is 5.69 Å². The van der Waals surface area contributed by atoms with Gasteiger partial charge >= 0.3 is 0 Å². The number of ether oxygens (including phenoxy) is 1. The van der Waals surface area contributed by atoms with Crippen molar-refractivity contribution in [2.45, 2.75) is 26.2 Å². The zero-order valence-electron chi connectivity index (χ0n) is 16.6. The number of rotatable bonds is 10. The first-order valence-corrected chi connectivity index (χ1v) is 11.1. The summed E-state index contributed by atoms with van der Waals surface area (Å²) in [4.78, 5) is 12.3. The summed E-state index contributed by atoms with van der Waals surface area (Å²) in [5.41, 5.74) is 2.76. The van der Waals surface area contributed by atoms with Gasteiger partial charge in [0, 0.05) is 6.54 Å². The molecule has 0 radical (unpaired) electrons. The minimum absolute atomic E-state index is 0.229. The van der Waals surface area contributed by atoms with Gasteiger partial charge in [0.05, 0.1) is 19.1 Å². The highest BCUT2D eigenvalue weighted by atomic mass is 32.2. The molecular weight excluding hydrogens is 376 g/mol. The van der Waals surface area contributed by atoms with Crippen molar-refractivity contribution < 1.29 is 17.9 Å². The maximum Gasteiger partial charge on any atom is 0.240 e. The zero-order valence-corrected chi connectivity index (χ0v) is 17.5. The van der Waals surface area contributed by atoms with Crippen LogP contribution in [0.15, 0.2) is 48.5 Å². The van der Waals surface area contributed by atoms with Crippen LogP contribution in [0, 0.1) is 0 Å². The average molecular weight is 405 g/mol. The summed E-state index contributed by atoms with van der Waals surface area (Å²) >= 11 is 0. The number of anilines is 1. The average Bonchev–Trinajstić information content (AvgIpc) is 2.69. The van der Waals surface area contributed by atoms with Crippen LogP contribution >= 0.6 is 0 Å². The number of nitrogens with zero attached hydrogens (tertiary/aromatic N) is 1. The van der Waals surface area contributed by atoms with Crippen molar-refractivity contribution in [1.29, 1.82) is 0 Å². The van der Waals surface area contributed by atoms with Gasteiger partial charge in [-0.3, -0.25) is 9.10 Å². The van der Waals surface area contributed by atoms with E-state index in [2.05, 4.69) is 5.32 Å². The molecule has 1 amide bonds. The molecule has 2 rings (SSSR count). The van der Waals surface area contributed by atoms with E-state index >= 15 is 0 Å². The van der Waals surface area contributed by atoms with Crippen molar-refractivity contribution in [2.24, 2.45) is 0 Å². The molecule has 2 aromatic rings. The molecule has 0 aliphatic rings. The van der Waals surface area contributed by atoms with Crippen LogP contribution in [0.25, 0.3) is 0 Å². The van der Waals surface area contributed by atoms with Crippen LogP contribution in [0.5, 0.6) is 5.75 Å². The smallest absolute Gasteiger partial charge is 0.240 e. The molecule has 28 heavy (non-hydrogen) atoms. The number of carbonyl (C=O) groups excluding carboxylic acids is 1. The number of carbonyl (C=O) groups is 1. The highest BCUT2D eigenvalue weighted by Crippen LogP contribution is 2.18. The number of hydrogen-bond acceptors (Lipinski definition) is 4. The lowest BCUT2D eigenvalue weighted by molar-refractivity contribution is -0.119. The molecule has 0 aliphatic heterocycles. The molecule has 0 aliphatic carbocycles. The number of methoxy groups -OCH3 is 1. The van der Waals surface area contributed by atoms with Crippen LogP contribution in [0.2, 0.25) is 0 Å². The van der Waals surface area contributed by atoms with Gasteiger partial charge in [-0.1, -0.05) is 31.2 Å². The maximum atomic E-state index is 12.3. The van der Waals surface area contributed by atoms with E-state index in [0.29, 0.717) is 12.2 Å². The molecule has 0 heterocycles. The summed E-state index contributed by atoms with van der Waals surface area (Å²) in [6, 6.07) is 15.0. The summed E-state index contributed by atoms with van der Waals surface area (Å²) in [6.07, 6.45) is 3.56. The third-order valence-electron chi connectivity index (χ3n) is 4.44. The monoisotopic (exact) mass is 404 g/mol. The Morgan fingerprint density at radius 3 is 2.18 bits per heavy atom. The summed E-state index contributed by atoms with van der Waals surface area (Å²) in [5.74, 6) is 0.490. The van der Waals surface area contributed by atoms with Crippen molar-refractivity contribution in [2.75, 3.05) is 30.8 Å². The third kappa shape index (κ3) is 6.56. The lowest BCUT2D eigenvalue weighted by atomic mass is 10.1. The first-order valence-electron chi connectivity index (χ1n) is 9.29. The van der Waals surface area contributed by atoms with E-state index in [4.69, 9.17) is 4.74 Å². The molecule has 0 atom stereocenters. The molecule has 0 saturated heterocycles. The van der Waals surface area contributed by atoms with Gasteiger partial charge < -0.3 is 10.1 Å². The van der Waals surface area contributed by atoms with Crippen LogP contribution in [-0.2, 0) is 27.7 Å². The standard InChI is InChI=1S/C21H28N2O4S/c1-4-17-7-11-19(12-8-17)23(28(3,25)26)16-21(24)22-15-5-6-18-9-13-20(27-2)14-10-18/h7-14H,4-6,15-16H2,1-3H3,(H,22,24). The Hall–Kier alpha value is -2.54. The summed E-state index contributed by atoms with van der Waals surface area (Å²) in [5, 5.41) is 2.80. The van der Waals surface area contributed by atoms with Gasteiger partial charge in [-0.25, -0.2) is 8.42 Å². The molecule has 0 aromatic heterocycles. The fraction of sp³-hybridized carbons (Fsp3) is 0.381. The van der Waals surface area contributed by atoms with Gasteiger partial charge in [0.25, 0.3) is 0 Å². The molecular formula is C21H28N2O4S. The molecule has 0 bridgehead atoms. The fourth-order valence-corrected chi connectivity index (χ4v) is 3.65. The molecule has 0 spiro atoms. The predicted molar refractivity (Wildman–Crippen MR) is 112 cm³/mol. The minimum atomic E-state index is -3.55. The lowest BCUT2D eigenvalue weighted by Gasteiger charge is -2.22. The second-order valence-corrected chi connectivity index (χ2v) is 8.50. The summed E-state index contributed by atoms with van der Waals surface area (Å²) in [7, 11) is -1.92. The Bertz CT molecular complexity index is 862. The topological polar surface area (TPSA) is 75.7 Å². The Morgan fingerprint density at radius 2 is 1.64 bits per heavy atom. The number of hydrogen-bond donors (Lipinski definition) is 1. The van der Waals surface area contributed by atoms with E-state index in [0.717, 1.165) is 46.7 Å². The van der Waals surface area contributed by atoms with E-state index in [-0.39, 0.29) is 12.5 Å². The molecule has 0 fully saturated rings. The van der Waals surface area contributed by atoms with Crippen LogP contribution < -0.4 is 14.4 Å². The first kappa shape index (κ1) is 21.8. The molecule has 152 valence electrons. The third-order valence-corrected chi connectivity index (χ3v) is 5.58. The second-order valence-electron chi connectivity index (χ2n) is 6.59. The number of amides is 1. The zero-order chi connectivity index (χ0) is 20.6. The Kier molecular flexibility index (Phi) is 7.87. The van der Waals surface area contributed by atoms with Crippen molar-refractivity contribution >= 4 is 21.6 Å². The van der Waals surface area contributed by atoms with Gasteiger partial charge in [0.2, 0.25) is 15.9 Å². The molecule has 0 unspecified atom stereocenters. The fourth-order valence-electron chi connectivity index (χ4n) is 2.80. The summed E-state index contributed by atoms with van der Waals surface area (Å²) < 4.78 is 30.5. The van der Waals surface area contributed by atoms with Gasteiger partial charge in [-0.2, -0.15) is 0 Å². The maximum absolute atomic E-state index is 12.3. The highest BCUT2D eigenvalue weighted by Gasteiger charge is 2.20. The minimum Gasteiger partial charge on any atom is -0.497 e. The van der Waals surface area contributed by atoms with Gasteiger partial charge in [-0.15, -0.1) is 0 Å². The van der Waals surface area contributed by atoms with Crippen molar-refractivity contribution in [3.63, 3.8) is 0 Å². The van der Waals surface area contributed by atoms with Crippen molar-refractivity contribution in [3.8, 4) is 5.75 Å². The number of aryl methyl sites for hydroxylation is 2. The Labute approximate surface area is 167 Å². The Balaban J connectivity index is 1.87. The number of sulfonamides is 1. The van der Waals surface area contributed by atoms with Crippen molar-refractivity contribution in [3.05, 3.63) is 59.7 Å².